The van der Waals surface area contributed by atoms with Crippen LogP contribution < -0.4 is 0 Å². The number of thiazole rings is 1. The molecule has 2 aromatic heterocycles. The molecule has 0 fully saturated rings. The molecule has 0 unspecified atom stereocenters. The first-order valence-electron chi connectivity index (χ1n) is 6.63. The number of carbonyl (C=O) groups excluding carboxylic acids is 1. The van der Waals surface area contributed by atoms with Gasteiger partial charge in [0, 0.05) is 10.8 Å². The van der Waals surface area contributed by atoms with Crippen LogP contribution in [0.15, 0.2) is 29.6 Å². The minimum Gasteiger partial charge on any atom is -0.296 e. The summed E-state index contributed by atoms with van der Waals surface area (Å²) in [6.45, 7) is 6.10. The van der Waals surface area contributed by atoms with Crippen LogP contribution >= 0.6 is 11.3 Å². The number of aldehydes is 1. The van der Waals surface area contributed by atoms with Gasteiger partial charge in [-0.05, 0) is 29.8 Å². The van der Waals surface area contributed by atoms with Crippen molar-refractivity contribution in [3.63, 3.8) is 0 Å². The lowest BCUT2D eigenvalue weighted by Crippen LogP contribution is -2.14. The average molecular weight is 302 g/mol. The number of aromatic nitrogens is 2. The van der Waals surface area contributed by atoms with Crippen molar-refractivity contribution in [2.45, 2.75) is 26.2 Å². The quantitative estimate of drug-likeness (QED) is 0.661. The van der Waals surface area contributed by atoms with Gasteiger partial charge in [-0.1, -0.05) is 20.8 Å². The van der Waals surface area contributed by atoms with Gasteiger partial charge in [-0.2, -0.15) is 0 Å². The highest BCUT2D eigenvalue weighted by Crippen LogP contribution is 2.32. The molecule has 0 amide bonds. The Bertz CT molecular complexity index is 809. The van der Waals surface area contributed by atoms with Crippen LogP contribution in [0.1, 0.15) is 37.0 Å². The van der Waals surface area contributed by atoms with Crippen LogP contribution in [0, 0.1) is 5.82 Å². The third-order valence-corrected chi connectivity index (χ3v) is 4.19. The van der Waals surface area contributed by atoms with Crippen molar-refractivity contribution in [3.8, 4) is 11.3 Å². The Morgan fingerprint density at radius 2 is 1.90 bits per heavy atom. The molecular formula is C16H15FN2OS. The van der Waals surface area contributed by atoms with E-state index in [9.17, 15) is 9.18 Å². The summed E-state index contributed by atoms with van der Waals surface area (Å²) in [5.41, 5.74) is 2.87. The van der Waals surface area contributed by atoms with Crippen LogP contribution in [0.5, 0.6) is 0 Å². The first-order valence-corrected chi connectivity index (χ1v) is 7.51. The fourth-order valence-corrected chi connectivity index (χ4v) is 3.27. The standard InChI is InChI=1S/C16H15FN2OS/c1-16(2,3)14-12(8-20)19-13(9-21-15(19)18-14)10-4-6-11(17)7-5-10/h4-9H,1-3H3. The molecule has 3 rings (SSSR count). The lowest BCUT2D eigenvalue weighted by molar-refractivity contribution is 0.111. The maximum atomic E-state index is 13.1. The molecule has 0 saturated carbocycles. The molecule has 5 heteroatoms. The Labute approximate surface area is 126 Å². The summed E-state index contributed by atoms with van der Waals surface area (Å²) in [7, 11) is 0. The Kier molecular flexibility index (Phi) is 3.17. The topological polar surface area (TPSA) is 34.4 Å². The lowest BCUT2D eigenvalue weighted by Gasteiger charge is -2.16. The number of fused-ring (bicyclic) bond motifs is 1. The second-order valence-corrected chi connectivity index (χ2v) is 6.80. The molecule has 2 heterocycles. The number of halogens is 1. The van der Waals surface area contributed by atoms with Crippen molar-refractivity contribution in [1.82, 2.24) is 9.38 Å². The first kappa shape index (κ1) is 13.9. The number of hydrogen-bond acceptors (Lipinski definition) is 3. The third kappa shape index (κ3) is 2.27. The highest BCUT2D eigenvalue weighted by Gasteiger charge is 2.25. The van der Waals surface area contributed by atoms with Crippen LogP contribution in [0.4, 0.5) is 4.39 Å². The van der Waals surface area contributed by atoms with Gasteiger partial charge in [-0.25, -0.2) is 9.37 Å². The van der Waals surface area contributed by atoms with E-state index in [2.05, 4.69) is 4.98 Å². The van der Waals surface area contributed by atoms with E-state index in [1.54, 1.807) is 12.1 Å². The van der Waals surface area contributed by atoms with Gasteiger partial charge in [0.1, 0.15) is 11.5 Å². The number of imidazole rings is 1. The molecule has 0 atom stereocenters. The predicted molar refractivity (Wildman–Crippen MR) is 82.6 cm³/mol. The molecule has 108 valence electrons. The third-order valence-electron chi connectivity index (χ3n) is 3.36. The van der Waals surface area contributed by atoms with Gasteiger partial charge in [0.15, 0.2) is 11.2 Å². The van der Waals surface area contributed by atoms with E-state index < -0.39 is 0 Å². The molecule has 0 spiro atoms. The largest absolute Gasteiger partial charge is 0.296 e. The Balaban J connectivity index is 2.28. The molecule has 0 N–H and O–H groups in total. The van der Waals surface area contributed by atoms with Gasteiger partial charge in [0.2, 0.25) is 0 Å². The van der Waals surface area contributed by atoms with Gasteiger partial charge in [0.25, 0.3) is 0 Å². The summed E-state index contributed by atoms with van der Waals surface area (Å²) in [6, 6.07) is 6.26. The first-order chi connectivity index (χ1) is 9.91. The van der Waals surface area contributed by atoms with Gasteiger partial charge in [0.05, 0.1) is 11.4 Å². The second-order valence-electron chi connectivity index (χ2n) is 5.96. The molecule has 0 radical (unpaired) electrons. The molecule has 0 aliphatic rings. The maximum Gasteiger partial charge on any atom is 0.195 e. The zero-order valence-corrected chi connectivity index (χ0v) is 12.9. The highest BCUT2D eigenvalue weighted by molar-refractivity contribution is 7.15. The fourth-order valence-electron chi connectivity index (χ4n) is 2.36. The van der Waals surface area contributed by atoms with Crippen molar-refractivity contribution in [1.29, 1.82) is 0 Å². The minimum absolute atomic E-state index is 0.206. The van der Waals surface area contributed by atoms with Crippen LogP contribution in [-0.2, 0) is 5.41 Å². The number of hydrogen-bond donors (Lipinski definition) is 0. The monoisotopic (exact) mass is 302 g/mol. The van der Waals surface area contributed by atoms with E-state index in [0.29, 0.717) is 5.69 Å². The zero-order chi connectivity index (χ0) is 15.2. The van der Waals surface area contributed by atoms with Gasteiger partial charge >= 0.3 is 0 Å². The van der Waals surface area contributed by atoms with E-state index in [1.807, 2.05) is 30.6 Å². The summed E-state index contributed by atoms with van der Waals surface area (Å²) in [5, 5.41) is 1.94. The highest BCUT2D eigenvalue weighted by atomic mass is 32.1. The van der Waals surface area contributed by atoms with Crippen molar-refractivity contribution in [3.05, 3.63) is 46.9 Å². The molecule has 0 bridgehead atoms. The molecule has 1 aromatic carbocycles. The van der Waals surface area contributed by atoms with E-state index in [0.717, 1.165) is 28.2 Å². The van der Waals surface area contributed by atoms with Crippen molar-refractivity contribution < 1.29 is 9.18 Å². The van der Waals surface area contributed by atoms with Crippen LogP contribution in [0.2, 0.25) is 0 Å². The van der Waals surface area contributed by atoms with Gasteiger partial charge in [-0.15, -0.1) is 11.3 Å². The molecule has 21 heavy (non-hydrogen) atoms. The Morgan fingerprint density at radius 3 is 2.48 bits per heavy atom. The van der Waals surface area contributed by atoms with Gasteiger partial charge < -0.3 is 0 Å². The molecule has 0 aliphatic carbocycles. The van der Waals surface area contributed by atoms with Crippen molar-refractivity contribution >= 4 is 22.6 Å². The van der Waals surface area contributed by atoms with E-state index >= 15 is 0 Å². The van der Waals surface area contributed by atoms with Crippen LogP contribution in [0.25, 0.3) is 16.2 Å². The maximum absolute atomic E-state index is 13.1. The summed E-state index contributed by atoms with van der Waals surface area (Å²) in [6.07, 6.45) is 0.848. The SMILES string of the molecule is CC(C)(C)c1nc2scc(-c3ccc(F)cc3)n2c1C=O. The fraction of sp³-hybridized carbons (Fsp3) is 0.250. The molecule has 3 nitrogen and oxygen atoms in total. The van der Waals surface area contributed by atoms with Gasteiger partial charge in [-0.3, -0.25) is 9.20 Å². The number of carbonyl (C=O) groups is 1. The smallest absolute Gasteiger partial charge is 0.195 e. The lowest BCUT2D eigenvalue weighted by atomic mass is 9.91. The number of rotatable bonds is 2. The average Bonchev–Trinajstić information content (AvgIpc) is 2.97. The van der Waals surface area contributed by atoms with E-state index in [4.69, 9.17) is 0 Å². The predicted octanol–water partition coefficient (Wildman–Crippen LogP) is 4.31. The second kappa shape index (κ2) is 4.77. The van der Waals surface area contributed by atoms with E-state index in [1.165, 1.54) is 23.5 Å². The normalized spacial score (nSPS) is 12.0. The summed E-state index contributed by atoms with van der Waals surface area (Å²) < 4.78 is 14.9. The molecule has 0 aliphatic heterocycles. The molecular weight excluding hydrogens is 287 g/mol. The Hall–Kier alpha value is -2.01. The number of benzene rings is 1. The zero-order valence-electron chi connectivity index (χ0n) is 12.1. The van der Waals surface area contributed by atoms with Crippen LogP contribution in [0.3, 0.4) is 0 Å². The van der Waals surface area contributed by atoms with Crippen LogP contribution in [-0.4, -0.2) is 15.7 Å². The molecule has 3 aromatic rings. The summed E-state index contributed by atoms with van der Waals surface area (Å²) >= 11 is 1.48. The summed E-state index contributed by atoms with van der Waals surface area (Å²) in [4.78, 5) is 16.9. The van der Waals surface area contributed by atoms with Crippen molar-refractivity contribution in [2.75, 3.05) is 0 Å². The Morgan fingerprint density at radius 1 is 1.24 bits per heavy atom. The minimum atomic E-state index is -0.276. The van der Waals surface area contributed by atoms with Crippen molar-refractivity contribution in [2.24, 2.45) is 0 Å². The molecule has 0 saturated heterocycles. The summed E-state index contributed by atoms with van der Waals surface area (Å²) in [5.74, 6) is -0.276. The van der Waals surface area contributed by atoms with E-state index in [-0.39, 0.29) is 11.2 Å². The number of nitrogens with zero attached hydrogens (tertiary/aromatic N) is 2.